The molecule has 0 aromatic heterocycles. The Hall–Kier alpha value is -1.55. The number of hydrogen-bond acceptors (Lipinski definition) is 3. The summed E-state index contributed by atoms with van der Waals surface area (Å²) in [5.41, 5.74) is 11.2. The number of hydrogen-bond donors (Lipinski definition) is 2. The molecule has 1 aromatic rings. The van der Waals surface area contributed by atoms with Crippen molar-refractivity contribution in [2.45, 2.75) is 45.3 Å². The first kappa shape index (κ1) is 14.5. The first-order chi connectivity index (χ1) is 8.35. The minimum absolute atomic E-state index is 0.167. The summed E-state index contributed by atoms with van der Waals surface area (Å²) in [4.78, 5) is 11.2. The Morgan fingerprint density at radius 1 is 1.50 bits per heavy atom. The molecule has 0 spiro atoms. The Labute approximate surface area is 108 Å². The van der Waals surface area contributed by atoms with Crippen molar-refractivity contribution in [2.75, 3.05) is 0 Å². The van der Waals surface area contributed by atoms with Gasteiger partial charge in [0.1, 0.15) is 5.75 Å². The molecule has 0 fully saturated rings. The van der Waals surface area contributed by atoms with Crippen molar-refractivity contribution in [3.63, 3.8) is 0 Å². The summed E-state index contributed by atoms with van der Waals surface area (Å²) in [7, 11) is 0. The van der Waals surface area contributed by atoms with Crippen molar-refractivity contribution in [3.05, 3.63) is 29.8 Å². The van der Waals surface area contributed by atoms with Gasteiger partial charge in [-0.15, -0.1) is 0 Å². The summed E-state index contributed by atoms with van der Waals surface area (Å²) in [5.74, 6) is 0.280. The quantitative estimate of drug-likeness (QED) is 0.805. The van der Waals surface area contributed by atoms with Gasteiger partial charge in [0.15, 0.2) is 0 Å². The molecule has 18 heavy (non-hydrogen) atoms. The molecule has 0 aliphatic rings. The highest BCUT2D eigenvalue weighted by atomic mass is 16.5. The maximum absolute atomic E-state index is 11.2. The highest BCUT2D eigenvalue weighted by molar-refractivity contribution is 5.83. The van der Waals surface area contributed by atoms with Crippen molar-refractivity contribution in [1.82, 2.24) is 0 Å². The molecule has 0 heterocycles. The maximum Gasteiger partial charge on any atom is 0.237 e. The zero-order valence-corrected chi connectivity index (χ0v) is 11.3. The van der Waals surface area contributed by atoms with E-state index < -0.39 is 11.4 Å². The minimum Gasteiger partial charge on any atom is -0.491 e. The van der Waals surface area contributed by atoms with Gasteiger partial charge >= 0.3 is 0 Å². The number of nitrogens with two attached hydrogens (primary N) is 2. The maximum atomic E-state index is 11.2. The second-order valence-electron chi connectivity index (χ2n) is 4.92. The zero-order valence-electron chi connectivity index (χ0n) is 11.3. The van der Waals surface area contributed by atoms with Gasteiger partial charge in [-0.2, -0.15) is 0 Å². The van der Waals surface area contributed by atoms with Crippen molar-refractivity contribution >= 4 is 5.91 Å². The van der Waals surface area contributed by atoms with Gasteiger partial charge in [-0.05, 0) is 38.0 Å². The fourth-order valence-electron chi connectivity index (χ4n) is 1.81. The van der Waals surface area contributed by atoms with E-state index in [1.165, 1.54) is 5.56 Å². The number of benzene rings is 1. The average molecular weight is 250 g/mol. The zero-order chi connectivity index (χ0) is 13.8. The molecule has 4 N–H and O–H groups in total. The van der Waals surface area contributed by atoms with Gasteiger partial charge in [-0.3, -0.25) is 4.79 Å². The molecule has 0 aliphatic heterocycles. The van der Waals surface area contributed by atoms with Crippen LogP contribution in [-0.4, -0.2) is 17.6 Å². The highest BCUT2D eigenvalue weighted by Crippen LogP contribution is 2.18. The molecule has 2 atom stereocenters. The molecule has 0 radical (unpaired) electrons. The lowest BCUT2D eigenvalue weighted by atomic mass is 9.95. The Kier molecular flexibility index (Phi) is 4.73. The van der Waals surface area contributed by atoms with Crippen LogP contribution in [0.5, 0.6) is 5.75 Å². The summed E-state index contributed by atoms with van der Waals surface area (Å²) in [6.07, 6.45) is 1.18. The van der Waals surface area contributed by atoms with Gasteiger partial charge in [0.05, 0.1) is 11.6 Å². The van der Waals surface area contributed by atoms with Gasteiger partial charge in [0, 0.05) is 6.42 Å². The second kappa shape index (κ2) is 5.87. The standard InChI is InChI=1S/C14H22N2O2/c1-4-11-6-5-7-12(8-11)18-10(2)9-14(3,16)13(15)17/h5-8,10H,4,9,16H2,1-3H3,(H2,15,17). The van der Waals surface area contributed by atoms with Crippen LogP contribution in [0, 0.1) is 0 Å². The number of amides is 1. The molecule has 4 heteroatoms. The van der Waals surface area contributed by atoms with E-state index in [9.17, 15) is 4.79 Å². The highest BCUT2D eigenvalue weighted by Gasteiger charge is 2.28. The van der Waals surface area contributed by atoms with Crippen LogP contribution < -0.4 is 16.2 Å². The molecular formula is C14H22N2O2. The number of carbonyl (C=O) groups excluding carboxylic acids is 1. The molecule has 0 bridgehead atoms. The first-order valence-corrected chi connectivity index (χ1v) is 6.19. The molecule has 1 rings (SSSR count). The Morgan fingerprint density at radius 2 is 2.17 bits per heavy atom. The van der Waals surface area contributed by atoms with E-state index in [0.29, 0.717) is 6.42 Å². The number of carbonyl (C=O) groups is 1. The Balaban J connectivity index is 2.64. The van der Waals surface area contributed by atoms with Crippen molar-refractivity contribution in [3.8, 4) is 5.75 Å². The van der Waals surface area contributed by atoms with E-state index in [1.807, 2.05) is 31.2 Å². The third-order valence-electron chi connectivity index (χ3n) is 2.92. The summed E-state index contributed by atoms with van der Waals surface area (Å²) in [6.45, 7) is 5.59. The average Bonchev–Trinajstić information content (AvgIpc) is 2.28. The van der Waals surface area contributed by atoms with Crippen LogP contribution in [0.3, 0.4) is 0 Å². The van der Waals surface area contributed by atoms with Crippen LogP contribution in [0.15, 0.2) is 24.3 Å². The Bertz CT molecular complexity index is 416. The molecule has 1 amide bonds. The van der Waals surface area contributed by atoms with Gasteiger partial charge < -0.3 is 16.2 Å². The smallest absolute Gasteiger partial charge is 0.237 e. The van der Waals surface area contributed by atoms with E-state index >= 15 is 0 Å². The van der Waals surface area contributed by atoms with Crippen LogP contribution in [0.2, 0.25) is 0 Å². The molecule has 0 aliphatic carbocycles. The van der Waals surface area contributed by atoms with Crippen molar-refractivity contribution < 1.29 is 9.53 Å². The van der Waals surface area contributed by atoms with E-state index in [0.717, 1.165) is 12.2 Å². The molecule has 100 valence electrons. The fourth-order valence-corrected chi connectivity index (χ4v) is 1.81. The number of aryl methyl sites for hydroxylation is 1. The van der Waals surface area contributed by atoms with Crippen molar-refractivity contribution in [2.24, 2.45) is 11.5 Å². The summed E-state index contributed by atoms with van der Waals surface area (Å²) in [6, 6.07) is 7.90. The van der Waals surface area contributed by atoms with Gasteiger partial charge in [-0.25, -0.2) is 0 Å². The van der Waals surface area contributed by atoms with Gasteiger partial charge in [0.2, 0.25) is 5.91 Å². The van der Waals surface area contributed by atoms with Gasteiger partial charge in [-0.1, -0.05) is 19.1 Å². The predicted molar refractivity (Wildman–Crippen MR) is 72.3 cm³/mol. The number of ether oxygens (including phenoxy) is 1. The molecule has 0 saturated heterocycles. The SMILES string of the molecule is CCc1cccc(OC(C)CC(C)(N)C(N)=O)c1. The minimum atomic E-state index is -1.04. The van der Waals surface area contributed by atoms with Gasteiger partial charge in [0.25, 0.3) is 0 Å². The van der Waals surface area contributed by atoms with E-state index in [2.05, 4.69) is 6.92 Å². The molecule has 1 aromatic carbocycles. The van der Waals surface area contributed by atoms with E-state index in [-0.39, 0.29) is 6.10 Å². The number of rotatable bonds is 6. The molecular weight excluding hydrogens is 228 g/mol. The number of primary amides is 1. The second-order valence-corrected chi connectivity index (χ2v) is 4.92. The largest absolute Gasteiger partial charge is 0.491 e. The normalized spacial score (nSPS) is 15.8. The third-order valence-corrected chi connectivity index (χ3v) is 2.92. The van der Waals surface area contributed by atoms with Crippen LogP contribution in [0.25, 0.3) is 0 Å². The Morgan fingerprint density at radius 3 is 2.72 bits per heavy atom. The molecule has 4 nitrogen and oxygen atoms in total. The molecule has 0 saturated carbocycles. The van der Waals surface area contributed by atoms with Crippen LogP contribution in [0.1, 0.15) is 32.8 Å². The topological polar surface area (TPSA) is 78.3 Å². The lowest BCUT2D eigenvalue weighted by Crippen LogP contribution is -2.51. The summed E-state index contributed by atoms with van der Waals surface area (Å²) >= 11 is 0. The predicted octanol–water partition coefficient (Wildman–Crippen LogP) is 1.61. The fraction of sp³-hybridized carbons (Fsp3) is 0.500. The van der Waals surface area contributed by atoms with Crippen LogP contribution >= 0.6 is 0 Å². The van der Waals surface area contributed by atoms with Crippen LogP contribution in [-0.2, 0) is 11.2 Å². The summed E-state index contributed by atoms with van der Waals surface area (Å²) < 4.78 is 5.76. The van der Waals surface area contributed by atoms with Crippen molar-refractivity contribution in [1.29, 1.82) is 0 Å². The lowest BCUT2D eigenvalue weighted by Gasteiger charge is -2.25. The first-order valence-electron chi connectivity index (χ1n) is 6.19. The van der Waals surface area contributed by atoms with E-state index in [4.69, 9.17) is 16.2 Å². The third kappa shape index (κ3) is 4.04. The van der Waals surface area contributed by atoms with Crippen LogP contribution in [0.4, 0.5) is 0 Å². The molecule has 2 unspecified atom stereocenters. The lowest BCUT2D eigenvalue weighted by molar-refractivity contribution is -0.123. The van der Waals surface area contributed by atoms with E-state index in [1.54, 1.807) is 6.92 Å². The monoisotopic (exact) mass is 250 g/mol. The summed E-state index contributed by atoms with van der Waals surface area (Å²) in [5, 5.41) is 0.